The molecule has 0 radical (unpaired) electrons. The summed E-state index contributed by atoms with van der Waals surface area (Å²) >= 11 is 0. The molecule has 0 aromatic rings. The summed E-state index contributed by atoms with van der Waals surface area (Å²) in [5, 5.41) is 1.70. The molecule has 0 heterocycles. The lowest BCUT2D eigenvalue weighted by atomic mass is 9.98. The number of rotatable bonds is 5. The van der Waals surface area contributed by atoms with Gasteiger partial charge in [0.1, 0.15) is 0 Å². The summed E-state index contributed by atoms with van der Waals surface area (Å²) in [6, 6.07) is 0. The Kier molecular flexibility index (Phi) is 6.17. The van der Waals surface area contributed by atoms with Crippen LogP contribution in [0.4, 0.5) is 0 Å². The minimum absolute atomic E-state index is 0.714. The van der Waals surface area contributed by atoms with Gasteiger partial charge < -0.3 is 4.90 Å². The van der Waals surface area contributed by atoms with Gasteiger partial charge in [0.15, 0.2) is 0 Å². The number of hydrogen-bond donors (Lipinski definition) is 0. The standard InChI is InChI=1S/C12H27NSi/c1-7-9(3)11(13(5)6)12(14)10(4)8-2/h9-10H,7-8H2,1-6,14H3. The van der Waals surface area contributed by atoms with Crippen LogP contribution >= 0.6 is 0 Å². The van der Waals surface area contributed by atoms with Gasteiger partial charge in [-0.05, 0) is 18.3 Å². The van der Waals surface area contributed by atoms with Crippen LogP contribution in [0.1, 0.15) is 40.5 Å². The third-order valence-electron chi connectivity index (χ3n) is 3.32. The zero-order valence-corrected chi connectivity index (χ0v) is 13.0. The monoisotopic (exact) mass is 213 g/mol. The van der Waals surface area contributed by atoms with E-state index in [1.165, 1.54) is 23.1 Å². The molecule has 0 aliphatic rings. The van der Waals surface area contributed by atoms with Crippen LogP contribution in [0.5, 0.6) is 0 Å². The average Bonchev–Trinajstić information content (AvgIpc) is 2.15. The molecule has 0 rings (SSSR count). The van der Waals surface area contributed by atoms with Gasteiger partial charge in [-0.1, -0.05) is 39.3 Å². The molecular formula is C12H27NSi. The van der Waals surface area contributed by atoms with Gasteiger partial charge in [-0.3, -0.25) is 0 Å². The highest BCUT2D eigenvalue weighted by atomic mass is 28.1. The first-order valence-corrected chi connectivity index (χ1v) is 6.83. The summed E-state index contributed by atoms with van der Waals surface area (Å²) in [6.07, 6.45) is 2.52. The summed E-state index contributed by atoms with van der Waals surface area (Å²) in [5.41, 5.74) is 1.59. The van der Waals surface area contributed by atoms with Crippen molar-refractivity contribution in [2.75, 3.05) is 14.1 Å². The molecule has 0 aromatic heterocycles. The van der Waals surface area contributed by atoms with Crippen LogP contribution in [0.2, 0.25) is 0 Å². The van der Waals surface area contributed by atoms with Crippen LogP contribution in [0.15, 0.2) is 10.9 Å². The van der Waals surface area contributed by atoms with Gasteiger partial charge in [-0.15, -0.1) is 0 Å². The second kappa shape index (κ2) is 6.28. The Bertz CT molecular complexity index is 196. The fourth-order valence-corrected chi connectivity index (χ4v) is 3.28. The van der Waals surface area contributed by atoms with Crippen molar-refractivity contribution in [3.63, 3.8) is 0 Å². The topological polar surface area (TPSA) is 3.24 Å². The summed E-state index contributed by atoms with van der Waals surface area (Å²) < 4.78 is 0. The van der Waals surface area contributed by atoms with Crippen LogP contribution in [0.25, 0.3) is 0 Å². The van der Waals surface area contributed by atoms with Crippen LogP contribution in [-0.4, -0.2) is 29.2 Å². The van der Waals surface area contributed by atoms with E-state index in [1.54, 1.807) is 10.9 Å². The molecule has 1 nitrogen and oxygen atoms in total. The Morgan fingerprint density at radius 3 is 1.79 bits per heavy atom. The lowest BCUT2D eigenvalue weighted by Crippen LogP contribution is -2.21. The predicted molar refractivity (Wildman–Crippen MR) is 69.6 cm³/mol. The summed E-state index contributed by atoms with van der Waals surface area (Å²) in [5.74, 6) is 1.49. The molecule has 14 heavy (non-hydrogen) atoms. The quantitative estimate of drug-likeness (QED) is 0.633. The SMILES string of the molecule is CCC(C)C([SiH3])=C(C(C)CC)N(C)C. The third kappa shape index (κ3) is 3.49. The highest BCUT2D eigenvalue weighted by Gasteiger charge is 2.14. The Balaban J connectivity index is 4.94. The smallest absolute Gasteiger partial charge is 0.0359 e. The minimum atomic E-state index is 0.714. The lowest BCUT2D eigenvalue weighted by Gasteiger charge is -2.28. The van der Waals surface area contributed by atoms with E-state index < -0.39 is 0 Å². The van der Waals surface area contributed by atoms with Crippen molar-refractivity contribution in [2.45, 2.75) is 40.5 Å². The van der Waals surface area contributed by atoms with Crippen LogP contribution in [-0.2, 0) is 0 Å². The summed E-state index contributed by atoms with van der Waals surface area (Å²) in [6.45, 7) is 9.26. The number of hydrogen-bond acceptors (Lipinski definition) is 1. The van der Waals surface area contributed by atoms with Gasteiger partial charge in [0.25, 0.3) is 0 Å². The predicted octanol–water partition coefficient (Wildman–Crippen LogP) is 2.22. The lowest BCUT2D eigenvalue weighted by molar-refractivity contribution is 0.413. The molecule has 0 amide bonds. The summed E-state index contributed by atoms with van der Waals surface area (Å²) in [7, 11) is 5.57. The van der Waals surface area contributed by atoms with Gasteiger partial charge in [0.2, 0.25) is 0 Å². The van der Waals surface area contributed by atoms with Crippen molar-refractivity contribution in [2.24, 2.45) is 11.8 Å². The van der Waals surface area contributed by atoms with Crippen molar-refractivity contribution in [1.82, 2.24) is 4.90 Å². The van der Waals surface area contributed by atoms with Gasteiger partial charge in [0, 0.05) is 30.0 Å². The molecule has 0 aliphatic carbocycles. The fraction of sp³-hybridized carbons (Fsp3) is 0.833. The zero-order chi connectivity index (χ0) is 11.3. The van der Waals surface area contributed by atoms with Crippen molar-refractivity contribution >= 4 is 10.2 Å². The molecule has 2 atom stereocenters. The molecule has 0 saturated heterocycles. The molecule has 2 heteroatoms. The molecule has 0 fully saturated rings. The van der Waals surface area contributed by atoms with Gasteiger partial charge in [-0.2, -0.15) is 0 Å². The molecule has 0 aliphatic heterocycles. The molecule has 0 N–H and O–H groups in total. The molecule has 0 saturated carbocycles. The maximum absolute atomic E-state index is 2.36. The first-order valence-electron chi connectivity index (χ1n) is 5.83. The Morgan fingerprint density at radius 2 is 1.50 bits per heavy atom. The molecule has 0 bridgehead atoms. The Labute approximate surface area is 93.0 Å². The summed E-state index contributed by atoms with van der Waals surface area (Å²) in [4.78, 5) is 2.32. The largest absolute Gasteiger partial charge is 0.381 e. The molecular weight excluding hydrogens is 186 g/mol. The van der Waals surface area contributed by atoms with Crippen molar-refractivity contribution in [3.05, 3.63) is 10.9 Å². The first-order chi connectivity index (χ1) is 6.45. The number of allylic oxidation sites excluding steroid dienone is 2. The van der Waals surface area contributed by atoms with Crippen molar-refractivity contribution in [1.29, 1.82) is 0 Å². The van der Waals surface area contributed by atoms with E-state index in [1.807, 2.05) is 0 Å². The molecule has 0 spiro atoms. The van der Waals surface area contributed by atoms with E-state index in [0.29, 0.717) is 5.92 Å². The third-order valence-corrected chi connectivity index (χ3v) is 4.81. The van der Waals surface area contributed by atoms with Crippen LogP contribution < -0.4 is 0 Å². The normalized spacial score (nSPS) is 17.6. The second-order valence-electron chi connectivity index (χ2n) is 4.58. The van der Waals surface area contributed by atoms with E-state index >= 15 is 0 Å². The highest BCUT2D eigenvalue weighted by molar-refractivity contribution is 6.22. The second-order valence-corrected chi connectivity index (χ2v) is 5.66. The van der Waals surface area contributed by atoms with Gasteiger partial charge >= 0.3 is 0 Å². The van der Waals surface area contributed by atoms with Gasteiger partial charge in [0.05, 0.1) is 0 Å². The van der Waals surface area contributed by atoms with Crippen LogP contribution in [0, 0.1) is 11.8 Å². The number of nitrogens with zero attached hydrogens (tertiary/aromatic N) is 1. The van der Waals surface area contributed by atoms with E-state index in [4.69, 9.17) is 0 Å². The van der Waals surface area contributed by atoms with E-state index in [9.17, 15) is 0 Å². The average molecular weight is 213 g/mol. The van der Waals surface area contributed by atoms with Crippen LogP contribution in [0.3, 0.4) is 0 Å². The first kappa shape index (κ1) is 13.8. The Hall–Kier alpha value is -0.243. The maximum atomic E-state index is 2.36. The van der Waals surface area contributed by atoms with Crippen molar-refractivity contribution in [3.8, 4) is 0 Å². The highest BCUT2D eigenvalue weighted by Crippen LogP contribution is 2.24. The fourth-order valence-electron chi connectivity index (χ4n) is 1.93. The van der Waals surface area contributed by atoms with E-state index in [0.717, 1.165) is 5.92 Å². The molecule has 2 unspecified atom stereocenters. The van der Waals surface area contributed by atoms with E-state index in [2.05, 4.69) is 46.7 Å². The molecule has 84 valence electrons. The molecule has 0 aromatic carbocycles. The minimum Gasteiger partial charge on any atom is -0.381 e. The van der Waals surface area contributed by atoms with Gasteiger partial charge in [-0.25, -0.2) is 0 Å². The zero-order valence-electron chi connectivity index (χ0n) is 11.0. The van der Waals surface area contributed by atoms with E-state index in [-0.39, 0.29) is 0 Å². The van der Waals surface area contributed by atoms with Crippen molar-refractivity contribution < 1.29 is 0 Å². The Morgan fingerprint density at radius 1 is 1.07 bits per heavy atom. The maximum Gasteiger partial charge on any atom is 0.0359 e.